The zero-order chi connectivity index (χ0) is 18.6. The normalized spacial score (nSPS) is 16.4. The summed E-state index contributed by atoms with van der Waals surface area (Å²) in [6.45, 7) is 2.05. The minimum Gasteiger partial charge on any atom is -0.421 e. The molecule has 0 N–H and O–H groups in total. The van der Waals surface area contributed by atoms with Gasteiger partial charge in [-0.05, 0) is 55.5 Å². The first-order valence-corrected chi connectivity index (χ1v) is 10.7. The molecule has 0 saturated heterocycles. The average molecular weight is 381 g/mol. The fourth-order valence-corrected chi connectivity index (χ4v) is 5.65. The van der Waals surface area contributed by atoms with Crippen LogP contribution in [0, 0.1) is 0 Å². The van der Waals surface area contributed by atoms with Gasteiger partial charge in [0.2, 0.25) is 9.84 Å². The van der Waals surface area contributed by atoms with Crippen LogP contribution in [-0.2, 0) is 22.7 Å². The first kappa shape index (κ1) is 16.6. The van der Waals surface area contributed by atoms with Crippen molar-refractivity contribution in [2.24, 2.45) is 0 Å². The zero-order valence-corrected chi connectivity index (χ0v) is 15.6. The Labute approximate surface area is 157 Å². The number of hydrogen-bond donors (Lipinski definition) is 0. The Bertz CT molecular complexity index is 1210. The molecule has 0 saturated carbocycles. The van der Waals surface area contributed by atoms with Gasteiger partial charge in [-0.15, -0.1) is 0 Å². The molecule has 2 aliphatic heterocycles. The second-order valence-electron chi connectivity index (χ2n) is 7.19. The summed E-state index contributed by atoms with van der Waals surface area (Å²) < 4.78 is 31.5. The molecular formula is C21H19NO4S. The van der Waals surface area contributed by atoms with Gasteiger partial charge in [0, 0.05) is 29.7 Å². The molecule has 6 heteroatoms. The molecular weight excluding hydrogens is 362 g/mol. The Morgan fingerprint density at radius 1 is 0.963 bits per heavy atom. The number of anilines is 1. The second-order valence-corrected chi connectivity index (χ2v) is 9.11. The van der Waals surface area contributed by atoms with Crippen molar-refractivity contribution in [2.45, 2.75) is 35.5 Å². The van der Waals surface area contributed by atoms with Gasteiger partial charge in [0.15, 0.2) is 4.90 Å². The largest absolute Gasteiger partial charge is 0.421 e. The highest BCUT2D eigenvalue weighted by molar-refractivity contribution is 7.91. The van der Waals surface area contributed by atoms with Crippen LogP contribution >= 0.6 is 0 Å². The lowest BCUT2D eigenvalue weighted by atomic mass is 9.90. The Morgan fingerprint density at radius 3 is 2.48 bits per heavy atom. The molecule has 0 fully saturated rings. The monoisotopic (exact) mass is 381 g/mol. The molecule has 5 nitrogen and oxygen atoms in total. The molecule has 27 heavy (non-hydrogen) atoms. The van der Waals surface area contributed by atoms with Crippen molar-refractivity contribution in [3.8, 4) is 0 Å². The van der Waals surface area contributed by atoms with Gasteiger partial charge in [-0.25, -0.2) is 13.2 Å². The fourth-order valence-electron chi connectivity index (χ4n) is 4.34. The highest BCUT2D eigenvalue weighted by atomic mass is 32.2. The predicted molar refractivity (Wildman–Crippen MR) is 103 cm³/mol. The highest BCUT2D eigenvalue weighted by Crippen LogP contribution is 2.40. The van der Waals surface area contributed by atoms with Gasteiger partial charge in [0.05, 0.1) is 4.90 Å². The van der Waals surface area contributed by atoms with Crippen LogP contribution in [0.15, 0.2) is 61.5 Å². The van der Waals surface area contributed by atoms with Gasteiger partial charge in [-0.1, -0.05) is 18.2 Å². The number of nitrogens with zero attached hydrogens (tertiary/aromatic N) is 1. The molecule has 5 rings (SSSR count). The van der Waals surface area contributed by atoms with Crippen molar-refractivity contribution < 1.29 is 12.8 Å². The summed E-state index contributed by atoms with van der Waals surface area (Å²) in [4.78, 5) is 14.8. The van der Waals surface area contributed by atoms with E-state index in [1.807, 2.05) is 6.07 Å². The minimum atomic E-state index is -3.92. The topological polar surface area (TPSA) is 67.6 Å². The van der Waals surface area contributed by atoms with Gasteiger partial charge < -0.3 is 9.32 Å². The summed E-state index contributed by atoms with van der Waals surface area (Å²) >= 11 is 0. The lowest BCUT2D eigenvalue weighted by Gasteiger charge is -2.37. The second kappa shape index (κ2) is 5.96. The van der Waals surface area contributed by atoms with Crippen LogP contribution in [0.5, 0.6) is 0 Å². The van der Waals surface area contributed by atoms with E-state index in [9.17, 15) is 13.2 Å². The van der Waals surface area contributed by atoms with Crippen LogP contribution in [0.3, 0.4) is 0 Å². The molecule has 3 heterocycles. The number of rotatable bonds is 2. The quantitative estimate of drug-likeness (QED) is 0.637. The summed E-state index contributed by atoms with van der Waals surface area (Å²) in [5, 5.41) is 0.696. The Kier molecular flexibility index (Phi) is 3.65. The van der Waals surface area contributed by atoms with Crippen molar-refractivity contribution in [2.75, 3.05) is 18.0 Å². The summed E-state index contributed by atoms with van der Waals surface area (Å²) in [5.74, 6) is 0. The Morgan fingerprint density at radius 2 is 1.70 bits per heavy atom. The maximum absolute atomic E-state index is 12.9. The molecule has 2 aliphatic rings. The first-order chi connectivity index (χ1) is 13.1. The molecule has 0 amide bonds. The molecule has 1 aromatic heterocycles. The highest BCUT2D eigenvalue weighted by Gasteiger charge is 2.29. The lowest BCUT2D eigenvalue weighted by Crippen LogP contribution is -2.34. The van der Waals surface area contributed by atoms with E-state index in [-0.39, 0.29) is 9.79 Å². The van der Waals surface area contributed by atoms with Crippen molar-refractivity contribution in [3.63, 3.8) is 0 Å². The van der Waals surface area contributed by atoms with Gasteiger partial charge in [-0.3, -0.25) is 0 Å². The van der Waals surface area contributed by atoms with Crippen LogP contribution < -0.4 is 10.5 Å². The van der Waals surface area contributed by atoms with E-state index < -0.39 is 15.5 Å². The third-order valence-corrected chi connectivity index (χ3v) is 7.28. The number of hydrogen-bond acceptors (Lipinski definition) is 5. The smallest absolute Gasteiger partial charge is 0.355 e. The third-order valence-electron chi connectivity index (χ3n) is 5.53. The van der Waals surface area contributed by atoms with E-state index in [1.165, 1.54) is 29.4 Å². The van der Waals surface area contributed by atoms with Crippen LogP contribution in [0.1, 0.15) is 24.0 Å². The van der Waals surface area contributed by atoms with Gasteiger partial charge in [0.1, 0.15) is 5.58 Å². The van der Waals surface area contributed by atoms with Crippen molar-refractivity contribution >= 4 is 26.5 Å². The SMILES string of the molecule is O=c1oc2c3c4c(cc2cc1S(=O)(=O)c1ccccc1)CCCN4CCC3. The standard InChI is InChI=1S/C21H19NO4S/c23-21-18(27(24,25)16-7-2-1-3-8-16)13-15-12-14-6-4-10-22-11-5-9-17(19(14)22)20(15)26-21/h1-3,7-8,12-13H,4-6,9-11H2. The van der Waals surface area contributed by atoms with Gasteiger partial charge in [0.25, 0.3) is 0 Å². The first-order valence-electron chi connectivity index (χ1n) is 9.23. The van der Waals surface area contributed by atoms with E-state index in [2.05, 4.69) is 4.90 Å². The number of sulfone groups is 1. The number of fused-ring (bicyclic) bond motifs is 2. The lowest BCUT2D eigenvalue weighted by molar-refractivity contribution is 0.525. The molecule has 0 unspecified atom stereocenters. The van der Waals surface area contributed by atoms with Crippen molar-refractivity contribution in [1.82, 2.24) is 0 Å². The molecule has 0 radical (unpaired) electrons. The minimum absolute atomic E-state index is 0.0992. The molecule has 3 aromatic rings. The Balaban J connectivity index is 1.77. The van der Waals surface area contributed by atoms with E-state index in [0.29, 0.717) is 11.0 Å². The molecule has 0 spiro atoms. The van der Waals surface area contributed by atoms with E-state index >= 15 is 0 Å². The van der Waals surface area contributed by atoms with Gasteiger partial charge in [-0.2, -0.15) is 0 Å². The number of benzene rings is 2. The fraction of sp³-hybridized carbons (Fsp3) is 0.286. The van der Waals surface area contributed by atoms with Crippen LogP contribution in [-0.4, -0.2) is 21.5 Å². The summed E-state index contributed by atoms with van der Waals surface area (Å²) in [7, 11) is -3.92. The molecule has 2 aromatic carbocycles. The summed E-state index contributed by atoms with van der Waals surface area (Å²) in [6, 6.07) is 11.5. The average Bonchev–Trinajstić information content (AvgIpc) is 2.69. The van der Waals surface area contributed by atoms with Crippen LogP contribution in [0.2, 0.25) is 0 Å². The molecule has 0 atom stereocenters. The molecule has 138 valence electrons. The maximum atomic E-state index is 12.9. The van der Waals surface area contributed by atoms with Crippen LogP contribution in [0.4, 0.5) is 5.69 Å². The van der Waals surface area contributed by atoms with Crippen molar-refractivity contribution in [3.05, 3.63) is 64.0 Å². The molecule has 0 bridgehead atoms. The maximum Gasteiger partial charge on any atom is 0.355 e. The summed E-state index contributed by atoms with van der Waals surface area (Å²) in [5.41, 5.74) is 3.21. The van der Waals surface area contributed by atoms with E-state index in [4.69, 9.17) is 4.42 Å². The third kappa shape index (κ3) is 2.51. The summed E-state index contributed by atoms with van der Waals surface area (Å²) in [6.07, 6.45) is 3.92. The van der Waals surface area contributed by atoms with E-state index in [0.717, 1.165) is 44.3 Å². The van der Waals surface area contributed by atoms with Crippen molar-refractivity contribution in [1.29, 1.82) is 0 Å². The van der Waals surface area contributed by atoms with Crippen LogP contribution in [0.25, 0.3) is 11.0 Å². The Hall–Kier alpha value is -2.60. The van der Waals surface area contributed by atoms with Gasteiger partial charge >= 0.3 is 5.63 Å². The molecule has 0 aliphatic carbocycles. The zero-order valence-electron chi connectivity index (χ0n) is 14.8. The predicted octanol–water partition coefficient (Wildman–Crippen LogP) is 3.32. The van der Waals surface area contributed by atoms with E-state index in [1.54, 1.807) is 18.2 Å². The number of aryl methyl sites for hydroxylation is 2.